The summed E-state index contributed by atoms with van der Waals surface area (Å²) in [5.41, 5.74) is 0. The summed E-state index contributed by atoms with van der Waals surface area (Å²) in [7, 11) is -0.286. The van der Waals surface area contributed by atoms with E-state index in [0.717, 1.165) is 30.1 Å². The van der Waals surface area contributed by atoms with Crippen molar-refractivity contribution in [2.75, 3.05) is 12.3 Å². The zero-order chi connectivity index (χ0) is 9.97. The summed E-state index contributed by atoms with van der Waals surface area (Å²) in [6, 6.07) is 0. The van der Waals surface area contributed by atoms with Crippen LogP contribution in [0.4, 0.5) is 0 Å². The quantitative estimate of drug-likeness (QED) is 0.675. The van der Waals surface area contributed by atoms with Gasteiger partial charge in [-0.05, 0) is 12.8 Å². The van der Waals surface area contributed by atoms with Crippen molar-refractivity contribution < 1.29 is 4.79 Å². The van der Waals surface area contributed by atoms with Gasteiger partial charge < -0.3 is 0 Å². The zero-order valence-electron chi connectivity index (χ0n) is 8.42. The van der Waals surface area contributed by atoms with Crippen LogP contribution in [0.15, 0.2) is 0 Å². The highest BCUT2D eigenvalue weighted by Gasteiger charge is 2.27. The van der Waals surface area contributed by atoms with Gasteiger partial charge in [-0.2, -0.15) is 0 Å². The largest absolute Gasteiger partial charge is 0.292 e. The topological polar surface area (TPSA) is 55.1 Å². The zero-order valence-corrected chi connectivity index (χ0v) is 9.24. The lowest BCUT2D eigenvalue weighted by atomic mass is 9.86. The lowest BCUT2D eigenvalue weighted by Crippen LogP contribution is -2.33. The number of carbonyl (C=O) groups is 1. The lowest BCUT2D eigenvalue weighted by molar-refractivity contribution is -0.117. The molecule has 0 spiro atoms. The van der Waals surface area contributed by atoms with Gasteiger partial charge in [-0.1, -0.05) is 19.3 Å². The molecule has 14 heavy (non-hydrogen) atoms. The molecule has 1 unspecified atom stereocenters. The van der Waals surface area contributed by atoms with E-state index in [2.05, 4.69) is 5.32 Å². The maximum Gasteiger partial charge on any atom is 0.183 e. The molecular formula is C10H18N2OS. The predicted octanol–water partition coefficient (Wildman–Crippen LogP) is 1.01. The van der Waals surface area contributed by atoms with Crippen molar-refractivity contribution in [1.29, 1.82) is 0 Å². The molecule has 0 radical (unpaired) electrons. The molecule has 0 aromatic carbocycles. The molecule has 4 heteroatoms. The Hall–Kier alpha value is -0.190. The van der Waals surface area contributed by atoms with Crippen molar-refractivity contribution in [3.05, 3.63) is 0 Å². The van der Waals surface area contributed by atoms with E-state index in [1.54, 1.807) is 0 Å². The SMILES string of the molecule is NS1=C(C(=O)C2CCCCC2)NCC1. The Labute approximate surface area is 87.5 Å². The summed E-state index contributed by atoms with van der Waals surface area (Å²) in [6.45, 7) is 0.882. The van der Waals surface area contributed by atoms with Gasteiger partial charge >= 0.3 is 0 Å². The van der Waals surface area contributed by atoms with Gasteiger partial charge in [0.25, 0.3) is 0 Å². The molecule has 0 bridgehead atoms. The lowest BCUT2D eigenvalue weighted by Gasteiger charge is -2.20. The molecule has 3 nitrogen and oxygen atoms in total. The van der Waals surface area contributed by atoms with Crippen molar-refractivity contribution in [2.45, 2.75) is 32.1 Å². The number of nitrogens with two attached hydrogens (primary N) is 1. The molecule has 80 valence electrons. The molecule has 0 aromatic heterocycles. The van der Waals surface area contributed by atoms with E-state index in [4.69, 9.17) is 5.14 Å². The molecule has 2 aliphatic rings. The van der Waals surface area contributed by atoms with E-state index in [9.17, 15) is 4.79 Å². The Morgan fingerprint density at radius 2 is 2.07 bits per heavy atom. The van der Waals surface area contributed by atoms with Crippen LogP contribution in [0, 0.1) is 5.92 Å². The Morgan fingerprint density at radius 3 is 2.64 bits per heavy atom. The fraction of sp³-hybridized carbons (Fsp3) is 0.800. The highest BCUT2D eigenvalue weighted by Crippen LogP contribution is 2.26. The standard InChI is InChI=1S/C10H18N2OS/c11-14-7-6-12-10(14)9(13)8-4-2-1-3-5-8/h8,12H,1-7,11H2. The first-order valence-electron chi connectivity index (χ1n) is 5.39. The summed E-state index contributed by atoms with van der Waals surface area (Å²) in [5.74, 6) is 1.52. The third kappa shape index (κ3) is 2.07. The fourth-order valence-corrected chi connectivity index (χ4v) is 3.47. The summed E-state index contributed by atoms with van der Waals surface area (Å²) in [5, 5.41) is 9.05. The van der Waals surface area contributed by atoms with Crippen molar-refractivity contribution >= 4 is 21.4 Å². The molecule has 0 amide bonds. The Kier molecular flexibility index (Phi) is 3.36. The van der Waals surface area contributed by atoms with Crippen molar-refractivity contribution in [3.63, 3.8) is 0 Å². The van der Waals surface area contributed by atoms with Gasteiger partial charge in [-0.3, -0.25) is 15.3 Å². The fourth-order valence-electron chi connectivity index (χ4n) is 2.24. The molecule has 0 aromatic rings. The number of nitrogens with one attached hydrogen (secondary N) is 1. The van der Waals surface area contributed by atoms with Gasteiger partial charge in [-0.25, -0.2) is 0 Å². The highest BCUT2D eigenvalue weighted by atomic mass is 32.2. The van der Waals surface area contributed by atoms with E-state index in [-0.39, 0.29) is 16.6 Å². The van der Waals surface area contributed by atoms with E-state index < -0.39 is 0 Å². The second-order valence-electron chi connectivity index (χ2n) is 4.09. The van der Waals surface area contributed by atoms with E-state index >= 15 is 0 Å². The molecule has 3 N–H and O–H groups in total. The number of rotatable bonds is 2. The second-order valence-corrected chi connectivity index (χ2v) is 5.76. The van der Waals surface area contributed by atoms with Crippen molar-refractivity contribution in [1.82, 2.24) is 5.32 Å². The van der Waals surface area contributed by atoms with E-state index in [1.807, 2.05) is 0 Å². The van der Waals surface area contributed by atoms with Crippen LogP contribution in [0.25, 0.3) is 0 Å². The first-order valence-corrected chi connectivity index (χ1v) is 6.85. The van der Waals surface area contributed by atoms with Crippen LogP contribution in [0.1, 0.15) is 32.1 Å². The van der Waals surface area contributed by atoms with Crippen LogP contribution in [-0.4, -0.2) is 23.1 Å². The van der Waals surface area contributed by atoms with E-state index in [1.165, 1.54) is 19.3 Å². The highest BCUT2D eigenvalue weighted by molar-refractivity contribution is 8.15. The summed E-state index contributed by atoms with van der Waals surface area (Å²) >= 11 is 0. The number of hydrogen-bond acceptors (Lipinski definition) is 3. The third-order valence-corrected chi connectivity index (χ3v) is 4.58. The van der Waals surface area contributed by atoms with Crippen molar-refractivity contribution in [2.24, 2.45) is 11.1 Å². The minimum absolute atomic E-state index is 0.267. The monoisotopic (exact) mass is 214 g/mol. The van der Waals surface area contributed by atoms with E-state index in [0.29, 0.717) is 5.78 Å². The first-order chi connectivity index (χ1) is 6.79. The Bertz CT molecular complexity index is 269. The van der Waals surface area contributed by atoms with Crippen LogP contribution in [0.3, 0.4) is 0 Å². The molecule has 1 saturated carbocycles. The van der Waals surface area contributed by atoms with Crippen LogP contribution in [-0.2, 0) is 4.79 Å². The number of carbonyl (C=O) groups excluding carboxylic acids is 1. The second kappa shape index (κ2) is 4.55. The number of Topliss-reactive ketones (excluding diaryl/α,β-unsaturated/α-hetero) is 1. The first kappa shape index (κ1) is 10.3. The normalized spacial score (nSPS) is 29.5. The average Bonchev–Trinajstić information content (AvgIpc) is 2.65. The van der Waals surface area contributed by atoms with Crippen LogP contribution in [0.2, 0.25) is 0 Å². The molecule has 1 fully saturated rings. The minimum atomic E-state index is -0.286. The average molecular weight is 214 g/mol. The molecule has 2 rings (SSSR count). The van der Waals surface area contributed by atoms with Crippen LogP contribution >= 0.6 is 10.7 Å². The molecule has 1 heterocycles. The van der Waals surface area contributed by atoms with Gasteiger partial charge in [-0.15, -0.1) is 10.7 Å². The van der Waals surface area contributed by atoms with Gasteiger partial charge in [0, 0.05) is 18.2 Å². The van der Waals surface area contributed by atoms with Gasteiger partial charge in [0.05, 0.1) is 4.99 Å². The maximum absolute atomic E-state index is 12.0. The summed E-state index contributed by atoms with van der Waals surface area (Å²) in [4.78, 5) is 12.9. The molecule has 1 atom stereocenters. The summed E-state index contributed by atoms with van der Waals surface area (Å²) in [6.07, 6.45) is 5.85. The third-order valence-electron chi connectivity index (χ3n) is 3.07. The Morgan fingerprint density at radius 1 is 1.36 bits per heavy atom. The molecule has 1 aliphatic carbocycles. The van der Waals surface area contributed by atoms with Gasteiger partial charge in [0.15, 0.2) is 5.78 Å². The summed E-state index contributed by atoms with van der Waals surface area (Å²) < 4.78 is 0. The maximum atomic E-state index is 12.0. The van der Waals surface area contributed by atoms with Crippen molar-refractivity contribution in [3.8, 4) is 0 Å². The molecule has 1 aliphatic heterocycles. The number of ketones is 1. The number of hydrogen-bond donors (Lipinski definition) is 2. The smallest absolute Gasteiger partial charge is 0.183 e. The van der Waals surface area contributed by atoms with Crippen LogP contribution in [0.5, 0.6) is 0 Å². The van der Waals surface area contributed by atoms with Gasteiger partial charge in [0.2, 0.25) is 0 Å². The van der Waals surface area contributed by atoms with Crippen LogP contribution < -0.4 is 10.5 Å². The molecule has 0 saturated heterocycles. The minimum Gasteiger partial charge on any atom is -0.292 e. The van der Waals surface area contributed by atoms with Gasteiger partial charge in [0.1, 0.15) is 0 Å². The molecular weight excluding hydrogens is 196 g/mol. The Balaban J connectivity index is 2.03. The predicted molar refractivity (Wildman–Crippen MR) is 61.2 cm³/mol.